The summed E-state index contributed by atoms with van der Waals surface area (Å²) in [6.45, 7) is 1.99. The highest BCUT2D eigenvalue weighted by Crippen LogP contribution is 2.25. The normalized spacial score (nSPS) is 16.9. The minimum Gasteiger partial charge on any atom is -0.311 e. The van der Waals surface area contributed by atoms with Gasteiger partial charge in [0.2, 0.25) is 0 Å². The van der Waals surface area contributed by atoms with E-state index in [0.29, 0.717) is 0 Å². The van der Waals surface area contributed by atoms with Gasteiger partial charge in [0.15, 0.2) is 0 Å². The highest BCUT2D eigenvalue weighted by atomic mass is 15.1. The predicted octanol–water partition coefficient (Wildman–Crippen LogP) is 1.37. The van der Waals surface area contributed by atoms with Crippen LogP contribution in [-0.2, 0) is 6.54 Å². The van der Waals surface area contributed by atoms with E-state index >= 15 is 0 Å². The minimum absolute atomic E-state index is 0.852. The number of rotatable bonds is 4. The maximum absolute atomic E-state index is 4.01. The van der Waals surface area contributed by atoms with Gasteiger partial charge in [-0.05, 0) is 37.4 Å². The van der Waals surface area contributed by atoms with Crippen molar-refractivity contribution >= 4 is 0 Å². The van der Waals surface area contributed by atoms with E-state index in [4.69, 9.17) is 0 Å². The molecule has 1 saturated carbocycles. The van der Waals surface area contributed by atoms with Gasteiger partial charge in [0.05, 0.1) is 5.69 Å². The summed E-state index contributed by atoms with van der Waals surface area (Å²) in [6.07, 6.45) is 5.91. The molecule has 1 aliphatic carbocycles. The largest absolute Gasteiger partial charge is 0.311 e. The van der Waals surface area contributed by atoms with E-state index in [2.05, 4.69) is 15.5 Å². The van der Waals surface area contributed by atoms with Crippen LogP contribution in [0.4, 0.5) is 0 Å². The van der Waals surface area contributed by atoms with Crippen molar-refractivity contribution in [1.29, 1.82) is 0 Å². The maximum atomic E-state index is 4.01. The first-order valence-electron chi connectivity index (χ1n) is 4.92. The van der Waals surface area contributed by atoms with Gasteiger partial charge in [-0.3, -0.25) is 0 Å². The molecule has 3 nitrogen and oxygen atoms in total. The molecule has 0 amide bonds. The fourth-order valence-corrected chi connectivity index (χ4v) is 1.53. The molecule has 1 fully saturated rings. The molecule has 3 heteroatoms. The highest BCUT2D eigenvalue weighted by molar-refractivity contribution is 4.98. The van der Waals surface area contributed by atoms with Crippen LogP contribution in [0.1, 0.15) is 25.0 Å². The second kappa shape index (κ2) is 4.33. The van der Waals surface area contributed by atoms with Gasteiger partial charge in [0.1, 0.15) is 0 Å². The lowest BCUT2D eigenvalue weighted by atomic mass is 9.85. The summed E-state index contributed by atoms with van der Waals surface area (Å²) in [6, 6.07) is 3.92. The van der Waals surface area contributed by atoms with Crippen molar-refractivity contribution in [3.63, 3.8) is 0 Å². The van der Waals surface area contributed by atoms with Gasteiger partial charge in [0, 0.05) is 12.7 Å². The molecule has 1 aromatic rings. The van der Waals surface area contributed by atoms with Gasteiger partial charge < -0.3 is 5.32 Å². The zero-order chi connectivity index (χ0) is 8.93. The Morgan fingerprint density at radius 2 is 2.38 bits per heavy atom. The highest BCUT2D eigenvalue weighted by Gasteiger charge is 2.16. The van der Waals surface area contributed by atoms with E-state index in [0.717, 1.165) is 24.7 Å². The van der Waals surface area contributed by atoms with E-state index in [1.54, 1.807) is 6.20 Å². The molecule has 0 aromatic carbocycles. The van der Waals surface area contributed by atoms with Gasteiger partial charge >= 0.3 is 0 Å². The summed E-state index contributed by atoms with van der Waals surface area (Å²) in [5.41, 5.74) is 1.03. The Balaban J connectivity index is 1.67. The minimum atomic E-state index is 0.852. The SMILES string of the molecule is c1cnnc(CNCC2CCC2)c1. The van der Waals surface area contributed by atoms with Crippen LogP contribution in [0.5, 0.6) is 0 Å². The molecule has 0 spiro atoms. The molecule has 1 aliphatic rings. The maximum Gasteiger partial charge on any atom is 0.0768 e. The summed E-state index contributed by atoms with van der Waals surface area (Å²) in [5.74, 6) is 0.914. The fraction of sp³-hybridized carbons (Fsp3) is 0.600. The van der Waals surface area contributed by atoms with E-state index in [9.17, 15) is 0 Å². The zero-order valence-corrected chi connectivity index (χ0v) is 7.74. The van der Waals surface area contributed by atoms with Crippen LogP contribution >= 0.6 is 0 Å². The molecule has 0 radical (unpaired) electrons. The molecule has 70 valence electrons. The van der Waals surface area contributed by atoms with Crippen molar-refractivity contribution in [2.45, 2.75) is 25.8 Å². The molecule has 0 aliphatic heterocycles. The average molecular weight is 177 g/mol. The third kappa shape index (κ3) is 2.49. The molecule has 1 heterocycles. The van der Waals surface area contributed by atoms with Gasteiger partial charge in [-0.2, -0.15) is 10.2 Å². The molecule has 0 atom stereocenters. The standard InChI is InChI=1S/C10H15N3/c1-3-9(4-1)7-11-8-10-5-2-6-12-13-10/h2,5-6,9,11H,1,3-4,7-8H2. The Kier molecular flexibility index (Phi) is 2.87. The van der Waals surface area contributed by atoms with Crippen LogP contribution in [0.15, 0.2) is 18.3 Å². The van der Waals surface area contributed by atoms with Gasteiger partial charge in [-0.15, -0.1) is 0 Å². The number of nitrogens with one attached hydrogen (secondary N) is 1. The Morgan fingerprint density at radius 3 is 3.00 bits per heavy atom. The van der Waals surface area contributed by atoms with Crippen molar-refractivity contribution < 1.29 is 0 Å². The van der Waals surface area contributed by atoms with Crippen LogP contribution in [-0.4, -0.2) is 16.7 Å². The molecule has 0 bridgehead atoms. The second-order valence-electron chi connectivity index (χ2n) is 3.64. The first-order chi connectivity index (χ1) is 6.45. The van der Waals surface area contributed by atoms with Gasteiger partial charge in [0.25, 0.3) is 0 Å². The lowest BCUT2D eigenvalue weighted by Gasteiger charge is -2.25. The van der Waals surface area contributed by atoms with Crippen LogP contribution in [0.3, 0.4) is 0 Å². The number of aromatic nitrogens is 2. The Hall–Kier alpha value is -0.960. The molecule has 1 N–H and O–H groups in total. The van der Waals surface area contributed by atoms with Crippen LogP contribution in [0.25, 0.3) is 0 Å². The van der Waals surface area contributed by atoms with Crippen LogP contribution in [0, 0.1) is 5.92 Å². The predicted molar refractivity (Wildman–Crippen MR) is 51.1 cm³/mol. The van der Waals surface area contributed by atoms with E-state index in [1.807, 2.05) is 12.1 Å². The zero-order valence-electron chi connectivity index (χ0n) is 7.74. The molecule has 1 aromatic heterocycles. The molecule has 2 rings (SSSR count). The van der Waals surface area contributed by atoms with E-state index in [1.165, 1.54) is 19.3 Å². The topological polar surface area (TPSA) is 37.8 Å². The first-order valence-corrected chi connectivity index (χ1v) is 4.92. The molecule has 0 unspecified atom stereocenters. The molecule has 13 heavy (non-hydrogen) atoms. The molecular weight excluding hydrogens is 162 g/mol. The van der Waals surface area contributed by atoms with Crippen molar-refractivity contribution in [2.24, 2.45) is 5.92 Å². The average Bonchev–Trinajstić information content (AvgIpc) is 2.11. The smallest absolute Gasteiger partial charge is 0.0768 e. The van der Waals surface area contributed by atoms with Crippen LogP contribution < -0.4 is 5.32 Å². The number of hydrogen-bond acceptors (Lipinski definition) is 3. The van der Waals surface area contributed by atoms with E-state index < -0.39 is 0 Å². The fourth-order valence-electron chi connectivity index (χ4n) is 1.53. The summed E-state index contributed by atoms with van der Waals surface area (Å²) >= 11 is 0. The van der Waals surface area contributed by atoms with E-state index in [-0.39, 0.29) is 0 Å². The summed E-state index contributed by atoms with van der Waals surface area (Å²) < 4.78 is 0. The van der Waals surface area contributed by atoms with Crippen LogP contribution in [0.2, 0.25) is 0 Å². The second-order valence-corrected chi connectivity index (χ2v) is 3.64. The van der Waals surface area contributed by atoms with Gasteiger partial charge in [-0.25, -0.2) is 0 Å². The van der Waals surface area contributed by atoms with Crippen molar-refractivity contribution in [3.8, 4) is 0 Å². The summed E-state index contributed by atoms with van der Waals surface area (Å²) in [5, 5.41) is 11.2. The summed E-state index contributed by atoms with van der Waals surface area (Å²) in [7, 11) is 0. The molecule has 0 saturated heterocycles. The van der Waals surface area contributed by atoms with Gasteiger partial charge in [-0.1, -0.05) is 6.42 Å². The van der Waals surface area contributed by atoms with Crippen molar-refractivity contribution in [3.05, 3.63) is 24.0 Å². The van der Waals surface area contributed by atoms with Crippen molar-refractivity contribution in [2.75, 3.05) is 6.54 Å². The third-order valence-electron chi connectivity index (χ3n) is 2.59. The lowest BCUT2D eigenvalue weighted by molar-refractivity contribution is 0.301. The molecular formula is C10H15N3. The van der Waals surface area contributed by atoms with Crippen molar-refractivity contribution in [1.82, 2.24) is 15.5 Å². The quantitative estimate of drug-likeness (QED) is 0.754. The Bertz CT molecular complexity index is 244. The third-order valence-corrected chi connectivity index (χ3v) is 2.59. The Labute approximate surface area is 78.6 Å². The first kappa shape index (κ1) is 8.63. The Morgan fingerprint density at radius 1 is 1.46 bits per heavy atom. The lowest BCUT2D eigenvalue weighted by Crippen LogP contribution is -2.27. The summed E-state index contributed by atoms with van der Waals surface area (Å²) in [4.78, 5) is 0. The number of hydrogen-bond donors (Lipinski definition) is 1. The monoisotopic (exact) mass is 177 g/mol. The number of nitrogens with zero attached hydrogens (tertiary/aromatic N) is 2.